The van der Waals surface area contributed by atoms with E-state index in [0.717, 1.165) is 32.9 Å². The van der Waals surface area contributed by atoms with Crippen molar-refractivity contribution in [3.05, 3.63) is 117 Å². The Morgan fingerprint density at radius 2 is 0.769 bits per heavy atom. The second kappa shape index (κ2) is 14.6. The van der Waals surface area contributed by atoms with Crippen LogP contribution in [0.2, 0.25) is 0 Å². The fourth-order valence-electron chi connectivity index (χ4n) is 7.06. The van der Waals surface area contributed by atoms with E-state index in [0.29, 0.717) is 43.3 Å². The molecule has 1 saturated carbocycles. The van der Waals surface area contributed by atoms with Crippen molar-refractivity contribution < 1.29 is 52.7 Å². The fourth-order valence-corrected chi connectivity index (χ4v) is 13.6. The van der Waals surface area contributed by atoms with Gasteiger partial charge in [0.15, 0.2) is 0 Å². The van der Waals surface area contributed by atoms with Gasteiger partial charge in [-0.3, -0.25) is 0 Å². The van der Waals surface area contributed by atoms with E-state index in [4.69, 9.17) is 0 Å². The zero-order valence-corrected chi connectivity index (χ0v) is 30.1. The summed E-state index contributed by atoms with van der Waals surface area (Å²) in [6, 6.07) is 13.7. The summed E-state index contributed by atoms with van der Waals surface area (Å²) in [6.45, 7) is 7.67. The highest BCUT2D eigenvalue weighted by Crippen LogP contribution is 2.55. The van der Waals surface area contributed by atoms with Crippen molar-refractivity contribution in [1.29, 1.82) is 0 Å². The smallest absolute Gasteiger partial charge is 0.166 e. The molecule has 0 radical (unpaired) electrons. The van der Waals surface area contributed by atoms with Gasteiger partial charge in [-0.15, -0.1) is 0 Å². The number of halogens is 12. The number of alkyl halides is 12. The Labute approximate surface area is 296 Å². The molecule has 4 aromatic rings. The van der Waals surface area contributed by atoms with Crippen LogP contribution in [0.15, 0.2) is 72.8 Å². The Balaban J connectivity index is 1.76. The highest BCUT2D eigenvalue weighted by molar-refractivity contribution is 7.74. The fraction of sp³-hybridized carbons (Fsp3) is 0.368. The van der Waals surface area contributed by atoms with E-state index in [1.807, 2.05) is 64.1 Å². The van der Waals surface area contributed by atoms with Gasteiger partial charge in [-0.05, 0) is 132 Å². The number of rotatable bonds is 7. The van der Waals surface area contributed by atoms with Crippen LogP contribution in [-0.4, -0.2) is 11.8 Å². The topological polar surface area (TPSA) is 0 Å². The van der Waals surface area contributed by atoms with Crippen LogP contribution in [-0.2, 0) is 24.7 Å². The summed E-state index contributed by atoms with van der Waals surface area (Å²) in [5.41, 5.74) is -3.72. The summed E-state index contributed by atoms with van der Waals surface area (Å²) in [5, 5.41) is 0.765. The summed E-state index contributed by atoms with van der Waals surface area (Å²) in [4.78, 5) is 0. The molecule has 2 atom stereocenters. The third-order valence-corrected chi connectivity index (χ3v) is 14.7. The molecule has 0 N–H and O–H groups in total. The van der Waals surface area contributed by atoms with Crippen LogP contribution >= 0.6 is 15.8 Å². The zero-order valence-electron chi connectivity index (χ0n) is 28.3. The lowest BCUT2D eigenvalue weighted by Crippen LogP contribution is -2.30. The van der Waals surface area contributed by atoms with Gasteiger partial charge in [0, 0.05) is 0 Å². The molecule has 0 aromatic heterocycles. The van der Waals surface area contributed by atoms with Crippen LogP contribution in [0, 0.1) is 33.6 Å². The van der Waals surface area contributed by atoms with Gasteiger partial charge in [0.05, 0.1) is 22.3 Å². The third kappa shape index (κ3) is 9.33. The van der Waals surface area contributed by atoms with E-state index in [1.54, 1.807) is 0 Å². The van der Waals surface area contributed by atoms with Crippen molar-refractivity contribution in [3.8, 4) is 0 Å². The van der Waals surface area contributed by atoms with Crippen LogP contribution in [0.1, 0.15) is 63.8 Å². The highest BCUT2D eigenvalue weighted by atomic mass is 31.1. The Morgan fingerprint density at radius 1 is 0.442 bits per heavy atom. The molecule has 2 unspecified atom stereocenters. The van der Waals surface area contributed by atoms with E-state index in [-0.39, 0.29) is 18.6 Å². The molecule has 0 nitrogen and oxygen atoms in total. The van der Waals surface area contributed by atoms with Crippen LogP contribution in [0.4, 0.5) is 52.7 Å². The van der Waals surface area contributed by atoms with E-state index < -0.39 is 85.0 Å². The first kappa shape index (κ1) is 40.1. The Morgan fingerprint density at radius 3 is 1.08 bits per heavy atom. The Bertz CT molecular complexity index is 1690. The van der Waals surface area contributed by atoms with Crippen molar-refractivity contribution in [3.63, 3.8) is 0 Å². The number of hydrogen-bond acceptors (Lipinski definition) is 0. The van der Waals surface area contributed by atoms with Crippen molar-refractivity contribution in [2.45, 2.75) is 77.3 Å². The van der Waals surface area contributed by atoms with Gasteiger partial charge >= 0.3 is 24.7 Å². The minimum atomic E-state index is -5.28. The summed E-state index contributed by atoms with van der Waals surface area (Å²) in [5.74, 6) is -0.452. The summed E-state index contributed by atoms with van der Waals surface area (Å²) >= 11 is 0. The molecule has 0 bridgehead atoms. The molecule has 5 rings (SSSR count). The number of aryl methyl sites for hydroxylation is 4. The lowest BCUT2D eigenvalue weighted by Gasteiger charge is -2.34. The third-order valence-electron chi connectivity index (χ3n) is 9.11. The predicted octanol–water partition coefficient (Wildman–Crippen LogP) is 11.7. The van der Waals surface area contributed by atoms with Gasteiger partial charge in [0.25, 0.3) is 0 Å². The largest absolute Gasteiger partial charge is 0.416 e. The van der Waals surface area contributed by atoms with Gasteiger partial charge in [-0.1, -0.05) is 65.1 Å². The van der Waals surface area contributed by atoms with Crippen LogP contribution in [0.3, 0.4) is 0 Å². The molecule has 14 heteroatoms. The Kier molecular flexibility index (Phi) is 11.3. The summed E-state index contributed by atoms with van der Waals surface area (Å²) in [7, 11) is -3.85. The van der Waals surface area contributed by atoms with Gasteiger partial charge in [0.1, 0.15) is 0 Å². The molecule has 4 aromatic carbocycles. The van der Waals surface area contributed by atoms with E-state index >= 15 is 0 Å². The average Bonchev–Trinajstić information content (AvgIpc) is 3.44. The molecule has 0 saturated heterocycles. The highest BCUT2D eigenvalue weighted by Gasteiger charge is 2.44. The van der Waals surface area contributed by atoms with Gasteiger partial charge in [-0.2, -0.15) is 52.7 Å². The number of hydrogen-bond donors (Lipinski definition) is 0. The van der Waals surface area contributed by atoms with Crippen LogP contribution < -0.4 is 21.2 Å². The lowest BCUT2D eigenvalue weighted by molar-refractivity contribution is -0.144. The predicted molar refractivity (Wildman–Crippen MR) is 183 cm³/mol. The van der Waals surface area contributed by atoms with E-state index in [2.05, 4.69) is 0 Å². The SMILES string of the molecule is Cc1cc(C)cc(P(CC2CCCC2P(c2cc(C(F)(F)F)cc(C(F)(F)F)c2)c2cc(C(F)(F)F)cc(C(F)(F)F)c2)c2cc(C)cc(C)c2)c1. The monoisotopic (exact) mass is 780 g/mol. The first-order valence-corrected chi connectivity index (χ1v) is 19.2. The molecule has 0 aliphatic heterocycles. The maximum atomic E-state index is 14.1. The molecule has 280 valence electrons. The molecule has 0 spiro atoms. The van der Waals surface area contributed by atoms with Gasteiger partial charge in [0.2, 0.25) is 0 Å². The zero-order chi connectivity index (χ0) is 38.6. The number of benzene rings is 4. The molecular formula is C38H34F12P2. The standard InChI is InChI=1S/C38H34F12P2/c1-21-8-22(2)11-30(10-21)51(31-12-23(3)9-24(4)13-31)20-25-6-5-7-34(25)52(32-16-26(35(39,40)41)14-27(17-32)36(42,43)44)33-18-28(37(45,46)47)15-29(19-33)38(48,49)50/h8-19,25,34H,5-7,20H2,1-4H3. The average molecular weight is 781 g/mol. The minimum Gasteiger partial charge on any atom is -0.166 e. The molecule has 0 amide bonds. The maximum Gasteiger partial charge on any atom is 0.416 e. The van der Waals surface area contributed by atoms with E-state index in [9.17, 15) is 52.7 Å². The first-order chi connectivity index (χ1) is 23.9. The van der Waals surface area contributed by atoms with Gasteiger partial charge in [-0.25, -0.2) is 0 Å². The molecule has 52 heavy (non-hydrogen) atoms. The second-order valence-corrected chi connectivity index (χ2v) is 18.1. The summed E-state index contributed by atoms with van der Waals surface area (Å²) in [6.07, 6.45) is -19.7. The molecule has 1 aliphatic carbocycles. The van der Waals surface area contributed by atoms with Gasteiger partial charge < -0.3 is 0 Å². The quantitative estimate of drug-likeness (QED) is 0.129. The summed E-state index contributed by atoms with van der Waals surface area (Å²) < 4.78 is 169. The normalized spacial score (nSPS) is 17.4. The van der Waals surface area contributed by atoms with Crippen LogP contribution in [0.25, 0.3) is 0 Å². The molecule has 1 fully saturated rings. The molecule has 0 heterocycles. The molecular weight excluding hydrogens is 746 g/mol. The van der Waals surface area contributed by atoms with Crippen molar-refractivity contribution >= 4 is 37.1 Å². The maximum absolute atomic E-state index is 14.1. The first-order valence-electron chi connectivity index (χ1n) is 16.2. The van der Waals surface area contributed by atoms with Crippen LogP contribution in [0.5, 0.6) is 0 Å². The lowest BCUT2D eigenvalue weighted by atomic mass is 10.1. The Hall–Kier alpha value is -3.10. The minimum absolute atomic E-state index is 0.0875. The van der Waals surface area contributed by atoms with Crippen molar-refractivity contribution in [2.24, 2.45) is 5.92 Å². The molecule has 1 aliphatic rings. The second-order valence-electron chi connectivity index (χ2n) is 13.5. The van der Waals surface area contributed by atoms with E-state index in [1.165, 1.54) is 0 Å². The van der Waals surface area contributed by atoms with Crippen molar-refractivity contribution in [2.75, 3.05) is 6.16 Å². The van der Waals surface area contributed by atoms with Crippen molar-refractivity contribution in [1.82, 2.24) is 0 Å².